The summed E-state index contributed by atoms with van der Waals surface area (Å²) in [6.07, 6.45) is 0.874. The molecule has 1 aromatic carbocycles. The van der Waals surface area contributed by atoms with Gasteiger partial charge in [-0.1, -0.05) is 0 Å². The summed E-state index contributed by atoms with van der Waals surface area (Å²) in [5, 5.41) is 4.15. The molecule has 1 N–H and O–H groups in total. The zero-order valence-corrected chi connectivity index (χ0v) is 8.24. The molecule has 0 radical (unpaired) electrons. The summed E-state index contributed by atoms with van der Waals surface area (Å²) in [5.41, 5.74) is 2.83. The number of hydrogen-bond acceptors (Lipinski definition) is 2. The van der Waals surface area contributed by atoms with Crippen LogP contribution in [-0.4, -0.2) is 17.9 Å². The van der Waals surface area contributed by atoms with Crippen LogP contribution in [0.4, 0.5) is 5.69 Å². The van der Waals surface area contributed by atoms with Gasteiger partial charge in [0, 0.05) is 30.7 Å². The minimum Gasteiger partial charge on any atom is -0.388 e. The molecule has 0 aliphatic heterocycles. The van der Waals surface area contributed by atoms with Crippen LogP contribution in [0.3, 0.4) is 0 Å². The molecule has 0 aliphatic carbocycles. The van der Waals surface area contributed by atoms with Crippen molar-refractivity contribution in [3.8, 4) is 0 Å². The van der Waals surface area contributed by atoms with Crippen LogP contribution < -0.4 is 5.32 Å². The molecule has 0 bridgehead atoms. The Morgan fingerprint density at radius 2 is 2.14 bits per heavy atom. The average Bonchev–Trinajstić information content (AvgIpc) is 2.55. The predicted octanol–water partition coefficient (Wildman–Crippen LogP) is 2.03. The molecule has 0 saturated carbocycles. The number of anilines is 1. The Morgan fingerprint density at radius 1 is 1.36 bits per heavy atom. The molecule has 0 spiro atoms. The quantitative estimate of drug-likeness (QED) is 0.732. The Kier molecular flexibility index (Phi) is 2.00. The van der Waals surface area contributed by atoms with Crippen LogP contribution in [0.25, 0.3) is 10.9 Å². The van der Waals surface area contributed by atoms with Gasteiger partial charge in [-0.05, 0) is 24.3 Å². The zero-order chi connectivity index (χ0) is 10.1. The molecule has 2 rings (SSSR count). The normalized spacial score (nSPS) is 10.4. The number of carbonyl (C=O) groups excluding carboxylic acids is 1. The van der Waals surface area contributed by atoms with Crippen LogP contribution in [-0.2, 0) is 7.05 Å². The lowest BCUT2D eigenvalue weighted by atomic mass is 10.2. The number of carbonyl (C=O) groups is 1. The van der Waals surface area contributed by atoms with Crippen LogP contribution in [0.5, 0.6) is 0 Å². The van der Waals surface area contributed by atoms with Crippen molar-refractivity contribution in [2.24, 2.45) is 7.05 Å². The minimum atomic E-state index is 0.702. The maximum atomic E-state index is 10.7. The second-order valence-electron chi connectivity index (χ2n) is 3.27. The van der Waals surface area contributed by atoms with Gasteiger partial charge in [-0.15, -0.1) is 0 Å². The van der Waals surface area contributed by atoms with Crippen LogP contribution in [0.15, 0.2) is 24.3 Å². The molecule has 3 heteroatoms. The molecule has 0 atom stereocenters. The molecular formula is C11H12N2O. The number of nitrogens with one attached hydrogen (secondary N) is 1. The van der Waals surface area contributed by atoms with Crippen molar-refractivity contribution in [3.05, 3.63) is 30.0 Å². The van der Waals surface area contributed by atoms with Gasteiger partial charge >= 0.3 is 0 Å². The molecule has 14 heavy (non-hydrogen) atoms. The van der Waals surface area contributed by atoms with E-state index in [1.165, 1.54) is 0 Å². The molecule has 0 unspecified atom stereocenters. The number of nitrogens with zero attached hydrogens (tertiary/aromatic N) is 1. The molecule has 2 aromatic rings. The molecule has 3 nitrogen and oxygen atoms in total. The van der Waals surface area contributed by atoms with E-state index in [-0.39, 0.29) is 0 Å². The summed E-state index contributed by atoms with van der Waals surface area (Å²) < 4.78 is 1.89. The molecule has 1 heterocycles. The van der Waals surface area contributed by atoms with Gasteiger partial charge in [0.25, 0.3) is 0 Å². The van der Waals surface area contributed by atoms with Gasteiger partial charge in [-0.25, -0.2) is 0 Å². The second kappa shape index (κ2) is 3.18. The summed E-state index contributed by atoms with van der Waals surface area (Å²) in [7, 11) is 3.77. The molecule has 1 aromatic heterocycles. The third-order valence-corrected chi connectivity index (χ3v) is 2.49. The summed E-state index contributed by atoms with van der Waals surface area (Å²) in [4.78, 5) is 10.7. The van der Waals surface area contributed by atoms with Crippen molar-refractivity contribution >= 4 is 22.9 Å². The average molecular weight is 188 g/mol. The lowest BCUT2D eigenvalue weighted by Crippen LogP contribution is -1.93. The van der Waals surface area contributed by atoms with Crippen molar-refractivity contribution in [2.75, 3.05) is 12.4 Å². The fourth-order valence-corrected chi connectivity index (χ4v) is 1.64. The summed E-state index contributed by atoms with van der Waals surface area (Å²) >= 11 is 0. The fraction of sp³-hybridized carbons (Fsp3) is 0.182. The minimum absolute atomic E-state index is 0.702. The third-order valence-electron chi connectivity index (χ3n) is 2.49. The summed E-state index contributed by atoms with van der Waals surface area (Å²) in [6.45, 7) is 0. The highest BCUT2D eigenvalue weighted by Gasteiger charge is 2.04. The first-order valence-electron chi connectivity index (χ1n) is 4.48. The summed E-state index contributed by atoms with van der Waals surface area (Å²) in [5.74, 6) is 0. The topological polar surface area (TPSA) is 34.0 Å². The smallest absolute Gasteiger partial charge is 0.166 e. The van der Waals surface area contributed by atoms with E-state index in [2.05, 4.69) is 5.32 Å². The third kappa shape index (κ3) is 1.18. The standard InChI is InChI=1S/C11H12N2O/c1-12-9-3-4-11-8(5-9)6-10(7-14)13(11)2/h3-7,12H,1-2H3. The van der Waals surface area contributed by atoms with Gasteiger partial charge in [0.05, 0.1) is 5.69 Å². The van der Waals surface area contributed by atoms with Crippen LogP contribution in [0.1, 0.15) is 10.5 Å². The Balaban J connectivity index is 2.72. The monoisotopic (exact) mass is 188 g/mol. The Labute approximate surface area is 82.3 Å². The van der Waals surface area contributed by atoms with Gasteiger partial charge in [-0.3, -0.25) is 4.79 Å². The number of aromatic nitrogens is 1. The Hall–Kier alpha value is -1.77. The SMILES string of the molecule is CNc1ccc2c(c1)cc(C=O)n2C. The number of hydrogen-bond donors (Lipinski definition) is 1. The van der Waals surface area contributed by atoms with E-state index in [1.807, 2.05) is 42.9 Å². The maximum Gasteiger partial charge on any atom is 0.166 e. The van der Waals surface area contributed by atoms with E-state index >= 15 is 0 Å². The van der Waals surface area contributed by atoms with E-state index in [9.17, 15) is 4.79 Å². The molecule has 0 amide bonds. The highest BCUT2D eigenvalue weighted by molar-refractivity contribution is 5.90. The van der Waals surface area contributed by atoms with Gasteiger partial charge in [0.2, 0.25) is 0 Å². The van der Waals surface area contributed by atoms with E-state index in [0.717, 1.165) is 22.9 Å². The van der Waals surface area contributed by atoms with Crippen molar-refractivity contribution < 1.29 is 4.79 Å². The van der Waals surface area contributed by atoms with Crippen molar-refractivity contribution in [1.82, 2.24) is 4.57 Å². The Bertz CT molecular complexity index is 485. The highest BCUT2D eigenvalue weighted by atomic mass is 16.1. The van der Waals surface area contributed by atoms with Crippen LogP contribution in [0, 0.1) is 0 Å². The molecule has 0 saturated heterocycles. The highest BCUT2D eigenvalue weighted by Crippen LogP contribution is 2.21. The second-order valence-corrected chi connectivity index (χ2v) is 3.27. The van der Waals surface area contributed by atoms with Crippen LogP contribution in [0.2, 0.25) is 0 Å². The lowest BCUT2D eigenvalue weighted by Gasteiger charge is -2.00. The first-order valence-corrected chi connectivity index (χ1v) is 4.48. The van der Waals surface area contributed by atoms with Gasteiger partial charge in [0.1, 0.15) is 0 Å². The van der Waals surface area contributed by atoms with Crippen molar-refractivity contribution in [3.63, 3.8) is 0 Å². The molecule has 72 valence electrons. The number of rotatable bonds is 2. The molecule has 0 fully saturated rings. The van der Waals surface area contributed by atoms with Gasteiger partial charge in [-0.2, -0.15) is 0 Å². The number of aldehydes is 1. The fourth-order valence-electron chi connectivity index (χ4n) is 1.64. The van der Waals surface area contributed by atoms with E-state index in [1.54, 1.807) is 0 Å². The largest absolute Gasteiger partial charge is 0.388 e. The number of aryl methyl sites for hydroxylation is 1. The summed E-state index contributed by atoms with van der Waals surface area (Å²) in [6, 6.07) is 7.93. The maximum absolute atomic E-state index is 10.7. The lowest BCUT2D eigenvalue weighted by molar-refractivity contribution is 0.111. The van der Waals surface area contributed by atoms with E-state index in [0.29, 0.717) is 5.69 Å². The first kappa shape index (κ1) is 8.81. The number of fused-ring (bicyclic) bond motifs is 1. The first-order chi connectivity index (χ1) is 6.76. The van der Waals surface area contributed by atoms with E-state index < -0.39 is 0 Å². The van der Waals surface area contributed by atoms with Gasteiger partial charge < -0.3 is 9.88 Å². The zero-order valence-electron chi connectivity index (χ0n) is 8.24. The number of benzene rings is 1. The predicted molar refractivity (Wildman–Crippen MR) is 57.9 cm³/mol. The van der Waals surface area contributed by atoms with E-state index in [4.69, 9.17) is 0 Å². The van der Waals surface area contributed by atoms with Crippen LogP contribution >= 0.6 is 0 Å². The van der Waals surface area contributed by atoms with Crippen molar-refractivity contribution in [1.29, 1.82) is 0 Å². The molecule has 0 aliphatic rings. The molecular weight excluding hydrogens is 176 g/mol. The van der Waals surface area contributed by atoms with Crippen molar-refractivity contribution in [2.45, 2.75) is 0 Å². The Morgan fingerprint density at radius 3 is 2.79 bits per heavy atom. The van der Waals surface area contributed by atoms with Gasteiger partial charge in [0.15, 0.2) is 6.29 Å².